The molecule has 0 bridgehead atoms. The van der Waals surface area contributed by atoms with Crippen LogP contribution in [0.25, 0.3) is 10.9 Å². The number of nitrogens with zero attached hydrogens (tertiary/aromatic N) is 2. The third-order valence-electron chi connectivity index (χ3n) is 4.63. The molecule has 3 rings (SSSR count). The van der Waals surface area contributed by atoms with Crippen molar-refractivity contribution in [2.45, 2.75) is 24.9 Å². The first-order chi connectivity index (χ1) is 11.4. The van der Waals surface area contributed by atoms with Gasteiger partial charge in [-0.05, 0) is 57.6 Å². The van der Waals surface area contributed by atoms with Crippen molar-refractivity contribution in [2.75, 3.05) is 33.7 Å². The number of hydrogen-bond acceptors (Lipinski definition) is 3. The van der Waals surface area contributed by atoms with E-state index in [1.165, 1.54) is 12.1 Å². The van der Waals surface area contributed by atoms with E-state index in [4.69, 9.17) is 0 Å². The van der Waals surface area contributed by atoms with E-state index < -0.39 is 5.60 Å². The van der Waals surface area contributed by atoms with Crippen LogP contribution >= 0.6 is 0 Å². The molecule has 130 valence electrons. The highest BCUT2D eigenvalue weighted by atomic mass is 19.1. The summed E-state index contributed by atoms with van der Waals surface area (Å²) in [5.41, 5.74) is 0.467. The van der Waals surface area contributed by atoms with Crippen LogP contribution < -0.4 is 0 Å². The summed E-state index contributed by atoms with van der Waals surface area (Å²) >= 11 is 0. The van der Waals surface area contributed by atoms with Gasteiger partial charge in [-0.2, -0.15) is 0 Å². The standard InChI is InChI=1S/C18H24FN3O2/c1-21(2)12-18(24)6-3-8-22(9-7-18)17(23)16-11-13-10-14(19)4-5-15(13)20-16/h4-5,10-11,20,24H,3,6-9,12H2,1-2H3/t18-/m0/s1. The second-order valence-electron chi connectivity index (χ2n) is 7.02. The molecule has 2 N–H and O–H groups in total. The fourth-order valence-electron chi connectivity index (χ4n) is 3.52. The zero-order valence-electron chi connectivity index (χ0n) is 14.2. The molecule has 1 fully saturated rings. The van der Waals surface area contributed by atoms with Gasteiger partial charge < -0.3 is 19.9 Å². The maximum absolute atomic E-state index is 13.3. The average molecular weight is 333 g/mol. The summed E-state index contributed by atoms with van der Waals surface area (Å²) in [4.78, 5) is 19.6. The lowest BCUT2D eigenvalue weighted by Gasteiger charge is -2.29. The lowest BCUT2D eigenvalue weighted by Crippen LogP contribution is -2.41. The molecular weight excluding hydrogens is 309 g/mol. The number of hydrogen-bond donors (Lipinski definition) is 2. The van der Waals surface area contributed by atoms with Gasteiger partial charge in [-0.25, -0.2) is 4.39 Å². The first-order valence-corrected chi connectivity index (χ1v) is 8.31. The lowest BCUT2D eigenvalue weighted by molar-refractivity contribution is 0.00303. The molecule has 0 spiro atoms. The van der Waals surface area contributed by atoms with Gasteiger partial charge in [0.2, 0.25) is 0 Å². The molecule has 6 heteroatoms. The number of halogens is 1. The minimum atomic E-state index is -0.748. The molecule has 24 heavy (non-hydrogen) atoms. The maximum atomic E-state index is 13.3. The Kier molecular flexibility index (Phi) is 4.60. The second-order valence-corrected chi connectivity index (χ2v) is 7.02. The van der Waals surface area contributed by atoms with Gasteiger partial charge >= 0.3 is 0 Å². The molecule has 0 saturated carbocycles. The minimum absolute atomic E-state index is 0.0966. The van der Waals surface area contributed by atoms with Gasteiger partial charge in [0.05, 0.1) is 5.60 Å². The highest BCUT2D eigenvalue weighted by Gasteiger charge is 2.32. The van der Waals surface area contributed by atoms with E-state index in [1.54, 1.807) is 17.0 Å². The Labute approximate surface area is 141 Å². The number of carbonyl (C=O) groups is 1. The monoisotopic (exact) mass is 333 g/mol. The van der Waals surface area contributed by atoms with Gasteiger partial charge in [0.15, 0.2) is 0 Å². The molecule has 2 heterocycles. The number of rotatable bonds is 3. The van der Waals surface area contributed by atoms with Gasteiger partial charge in [-0.3, -0.25) is 4.79 Å². The predicted molar refractivity (Wildman–Crippen MR) is 91.5 cm³/mol. The van der Waals surface area contributed by atoms with Gasteiger partial charge in [-0.1, -0.05) is 0 Å². The summed E-state index contributed by atoms with van der Waals surface area (Å²) in [5.74, 6) is -0.412. The molecular formula is C18H24FN3O2. The van der Waals surface area contributed by atoms with E-state index in [0.29, 0.717) is 43.6 Å². The Morgan fingerprint density at radius 3 is 2.88 bits per heavy atom. The van der Waals surface area contributed by atoms with Crippen molar-refractivity contribution in [1.82, 2.24) is 14.8 Å². The minimum Gasteiger partial charge on any atom is -0.388 e. The van der Waals surface area contributed by atoms with E-state index in [1.807, 2.05) is 19.0 Å². The van der Waals surface area contributed by atoms with Gasteiger partial charge in [0, 0.05) is 30.5 Å². The molecule has 0 radical (unpaired) electrons. The number of carbonyl (C=O) groups excluding carboxylic acids is 1. The largest absolute Gasteiger partial charge is 0.388 e. The number of benzene rings is 1. The normalized spacial score (nSPS) is 22.1. The molecule has 1 saturated heterocycles. The Bertz CT molecular complexity index is 743. The first kappa shape index (κ1) is 16.9. The van der Waals surface area contributed by atoms with E-state index in [-0.39, 0.29) is 11.7 Å². The number of aliphatic hydroxyl groups is 1. The summed E-state index contributed by atoms with van der Waals surface area (Å²) in [5, 5.41) is 11.4. The highest BCUT2D eigenvalue weighted by Crippen LogP contribution is 2.25. The maximum Gasteiger partial charge on any atom is 0.270 e. The molecule has 1 aliphatic heterocycles. The second kappa shape index (κ2) is 6.53. The molecule has 5 nitrogen and oxygen atoms in total. The van der Waals surface area contributed by atoms with E-state index in [2.05, 4.69) is 4.98 Å². The van der Waals surface area contributed by atoms with Crippen LogP contribution in [0.15, 0.2) is 24.3 Å². The van der Waals surface area contributed by atoms with Crippen LogP contribution in [0.2, 0.25) is 0 Å². The third kappa shape index (κ3) is 3.60. The van der Waals surface area contributed by atoms with Crippen molar-refractivity contribution in [3.8, 4) is 0 Å². The molecule has 2 aromatic rings. The van der Waals surface area contributed by atoms with Crippen LogP contribution in [0, 0.1) is 5.82 Å². The van der Waals surface area contributed by atoms with Gasteiger partial charge in [-0.15, -0.1) is 0 Å². The molecule has 1 amide bonds. The van der Waals surface area contributed by atoms with Gasteiger partial charge in [0.25, 0.3) is 5.91 Å². The van der Waals surface area contributed by atoms with Crippen LogP contribution in [0.1, 0.15) is 29.8 Å². The Balaban J connectivity index is 1.74. The summed E-state index contributed by atoms with van der Waals surface area (Å²) in [6.07, 6.45) is 2.02. The molecule has 1 aromatic carbocycles. The van der Waals surface area contributed by atoms with Crippen molar-refractivity contribution in [1.29, 1.82) is 0 Å². The van der Waals surface area contributed by atoms with Crippen molar-refractivity contribution >= 4 is 16.8 Å². The molecule has 1 aliphatic rings. The van der Waals surface area contributed by atoms with Crippen molar-refractivity contribution in [3.05, 3.63) is 35.8 Å². The summed E-state index contributed by atoms with van der Waals surface area (Å²) in [6, 6.07) is 6.12. The zero-order chi connectivity index (χ0) is 17.3. The molecule has 0 unspecified atom stereocenters. The highest BCUT2D eigenvalue weighted by molar-refractivity contribution is 5.98. The number of nitrogens with one attached hydrogen (secondary N) is 1. The summed E-state index contributed by atoms with van der Waals surface area (Å²) in [6.45, 7) is 1.74. The Morgan fingerprint density at radius 1 is 1.33 bits per heavy atom. The number of fused-ring (bicyclic) bond motifs is 1. The van der Waals surface area contributed by atoms with Crippen molar-refractivity contribution in [2.24, 2.45) is 0 Å². The Hall–Kier alpha value is -1.92. The van der Waals surface area contributed by atoms with Crippen LogP contribution in [0.3, 0.4) is 0 Å². The third-order valence-corrected chi connectivity index (χ3v) is 4.63. The number of amides is 1. The van der Waals surface area contributed by atoms with Crippen LogP contribution in [0.5, 0.6) is 0 Å². The molecule has 0 aliphatic carbocycles. The fraction of sp³-hybridized carbons (Fsp3) is 0.500. The predicted octanol–water partition coefficient (Wildman–Crippen LogP) is 2.23. The molecule has 1 aromatic heterocycles. The topological polar surface area (TPSA) is 59.6 Å². The van der Waals surface area contributed by atoms with E-state index >= 15 is 0 Å². The van der Waals surface area contributed by atoms with Crippen molar-refractivity contribution in [3.63, 3.8) is 0 Å². The average Bonchev–Trinajstić information content (AvgIpc) is 2.82. The molecule has 1 atom stereocenters. The summed E-state index contributed by atoms with van der Waals surface area (Å²) in [7, 11) is 3.88. The number of aromatic amines is 1. The van der Waals surface area contributed by atoms with Gasteiger partial charge in [0.1, 0.15) is 11.5 Å². The van der Waals surface area contributed by atoms with Crippen LogP contribution in [-0.4, -0.2) is 65.1 Å². The van der Waals surface area contributed by atoms with E-state index in [0.717, 1.165) is 11.9 Å². The lowest BCUT2D eigenvalue weighted by atomic mass is 9.94. The fourth-order valence-corrected chi connectivity index (χ4v) is 3.52. The number of aromatic nitrogens is 1. The quantitative estimate of drug-likeness (QED) is 0.905. The van der Waals surface area contributed by atoms with Crippen LogP contribution in [0.4, 0.5) is 4.39 Å². The van der Waals surface area contributed by atoms with E-state index in [9.17, 15) is 14.3 Å². The first-order valence-electron chi connectivity index (χ1n) is 8.31. The smallest absolute Gasteiger partial charge is 0.270 e. The number of likely N-dealkylation sites (N-methyl/N-ethyl adjacent to an activating group) is 1. The van der Waals surface area contributed by atoms with Crippen LogP contribution in [-0.2, 0) is 0 Å². The Morgan fingerprint density at radius 2 is 2.12 bits per heavy atom. The van der Waals surface area contributed by atoms with Crippen molar-refractivity contribution < 1.29 is 14.3 Å². The number of H-pyrrole nitrogens is 1. The SMILES string of the molecule is CN(C)C[C@]1(O)CCCN(C(=O)c2cc3cc(F)ccc3[nH]2)CC1. The summed E-state index contributed by atoms with van der Waals surface area (Å²) < 4.78 is 13.3. The zero-order valence-corrected chi connectivity index (χ0v) is 14.2. The number of likely N-dealkylation sites (tertiary alicyclic amines) is 1.